The van der Waals surface area contributed by atoms with Crippen LogP contribution in [0, 0.1) is 0 Å². The summed E-state index contributed by atoms with van der Waals surface area (Å²) in [6, 6.07) is 10.5. The van der Waals surface area contributed by atoms with E-state index in [9.17, 15) is 8.42 Å². The van der Waals surface area contributed by atoms with Crippen LogP contribution in [0.1, 0.15) is 24.5 Å². The lowest BCUT2D eigenvalue weighted by Crippen LogP contribution is -2.39. The minimum Gasteiger partial charge on any atom is -0.245 e. The average molecular weight is 303 g/mol. The van der Waals surface area contributed by atoms with Gasteiger partial charge in [0.1, 0.15) is 6.33 Å². The summed E-state index contributed by atoms with van der Waals surface area (Å²) >= 11 is 0. The highest BCUT2D eigenvalue weighted by molar-refractivity contribution is 7.89. The van der Waals surface area contributed by atoms with E-state index in [2.05, 4.69) is 9.97 Å². The van der Waals surface area contributed by atoms with Gasteiger partial charge in [0.05, 0.1) is 4.90 Å². The molecule has 2 aromatic rings. The fraction of sp³-hybridized carbons (Fsp3) is 0.333. The zero-order chi connectivity index (χ0) is 14.7. The SMILES string of the molecule is O=S(=O)(c1ccccc1)N1CCCC(c2ccncn2)C1. The van der Waals surface area contributed by atoms with Gasteiger partial charge in [-0.1, -0.05) is 18.2 Å². The van der Waals surface area contributed by atoms with Crippen molar-refractivity contribution < 1.29 is 8.42 Å². The maximum Gasteiger partial charge on any atom is 0.243 e. The van der Waals surface area contributed by atoms with Crippen LogP contribution in [0.5, 0.6) is 0 Å². The summed E-state index contributed by atoms with van der Waals surface area (Å²) in [6.07, 6.45) is 5.02. The molecule has 0 radical (unpaired) electrons. The van der Waals surface area contributed by atoms with Gasteiger partial charge < -0.3 is 0 Å². The summed E-state index contributed by atoms with van der Waals surface area (Å²) in [5.74, 6) is 0.139. The fourth-order valence-corrected chi connectivity index (χ4v) is 4.23. The summed E-state index contributed by atoms with van der Waals surface area (Å²) in [6.45, 7) is 1.05. The van der Waals surface area contributed by atoms with Crippen molar-refractivity contribution in [2.24, 2.45) is 0 Å². The summed E-state index contributed by atoms with van der Waals surface area (Å²) in [5, 5.41) is 0. The molecule has 0 spiro atoms. The quantitative estimate of drug-likeness (QED) is 0.870. The lowest BCUT2D eigenvalue weighted by Gasteiger charge is -2.31. The van der Waals surface area contributed by atoms with Crippen molar-refractivity contribution in [3.05, 3.63) is 54.6 Å². The standard InChI is InChI=1S/C15H17N3O2S/c19-21(20,14-6-2-1-3-7-14)18-10-4-5-13(11-18)15-8-9-16-12-17-15/h1-3,6-9,12-13H,4-5,10-11H2. The van der Waals surface area contributed by atoms with Crippen LogP contribution in [-0.4, -0.2) is 35.8 Å². The fourth-order valence-electron chi connectivity index (χ4n) is 2.69. The largest absolute Gasteiger partial charge is 0.245 e. The summed E-state index contributed by atoms with van der Waals surface area (Å²) in [7, 11) is -3.41. The van der Waals surface area contributed by atoms with Crippen LogP contribution in [0.2, 0.25) is 0 Å². The Hall–Kier alpha value is -1.79. The smallest absolute Gasteiger partial charge is 0.243 e. The van der Waals surface area contributed by atoms with E-state index in [-0.39, 0.29) is 5.92 Å². The van der Waals surface area contributed by atoms with E-state index in [0.717, 1.165) is 18.5 Å². The van der Waals surface area contributed by atoms with Crippen molar-refractivity contribution in [2.45, 2.75) is 23.7 Å². The molecule has 1 fully saturated rings. The number of rotatable bonds is 3. The van der Waals surface area contributed by atoms with E-state index in [1.807, 2.05) is 12.1 Å². The topological polar surface area (TPSA) is 63.2 Å². The summed E-state index contributed by atoms with van der Waals surface area (Å²) in [5.41, 5.74) is 0.915. The second kappa shape index (κ2) is 5.91. The molecule has 1 saturated heterocycles. The lowest BCUT2D eigenvalue weighted by atomic mass is 9.96. The minimum atomic E-state index is -3.41. The molecule has 110 valence electrons. The molecular formula is C15H17N3O2S. The Morgan fingerprint density at radius 3 is 2.67 bits per heavy atom. The third-order valence-corrected chi connectivity index (χ3v) is 5.67. The van der Waals surface area contributed by atoms with Crippen LogP contribution in [0.25, 0.3) is 0 Å². The molecule has 3 rings (SSSR count). The molecule has 2 heterocycles. The number of benzene rings is 1. The number of hydrogen-bond donors (Lipinski definition) is 0. The predicted octanol–water partition coefficient (Wildman–Crippen LogP) is 2.04. The van der Waals surface area contributed by atoms with Gasteiger partial charge in [-0.15, -0.1) is 0 Å². The molecule has 1 atom stereocenters. The summed E-state index contributed by atoms with van der Waals surface area (Å²) in [4.78, 5) is 8.53. The molecule has 0 bridgehead atoms. The first-order chi connectivity index (χ1) is 10.2. The number of piperidine rings is 1. The van der Waals surface area contributed by atoms with Crippen LogP contribution in [-0.2, 0) is 10.0 Å². The zero-order valence-electron chi connectivity index (χ0n) is 11.6. The van der Waals surface area contributed by atoms with E-state index in [4.69, 9.17) is 0 Å². The molecule has 6 heteroatoms. The number of aromatic nitrogens is 2. The number of hydrogen-bond acceptors (Lipinski definition) is 4. The average Bonchev–Trinajstić information content (AvgIpc) is 2.57. The molecule has 1 aromatic carbocycles. The first kappa shape index (κ1) is 14.2. The molecule has 1 unspecified atom stereocenters. The Morgan fingerprint density at radius 2 is 1.95 bits per heavy atom. The number of sulfonamides is 1. The van der Waals surface area contributed by atoms with Crippen LogP contribution in [0.3, 0.4) is 0 Å². The van der Waals surface area contributed by atoms with Gasteiger partial charge in [-0.05, 0) is 31.0 Å². The highest BCUT2D eigenvalue weighted by atomic mass is 32.2. The molecule has 0 saturated carbocycles. The van der Waals surface area contributed by atoms with Gasteiger partial charge in [-0.2, -0.15) is 4.31 Å². The Morgan fingerprint density at radius 1 is 1.14 bits per heavy atom. The molecule has 5 nitrogen and oxygen atoms in total. The predicted molar refractivity (Wildman–Crippen MR) is 79.2 cm³/mol. The highest BCUT2D eigenvalue weighted by Crippen LogP contribution is 2.28. The lowest BCUT2D eigenvalue weighted by molar-refractivity contribution is 0.312. The third kappa shape index (κ3) is 2.96. The monoisotopic (exact) mass is 303 g/mol. The first-order valence-electron chi connectivity index (χ1n) is 6.99. The second-order valence-electron chi connectivity index (χ2n) is 5.15. The van der Waals surface area contributed by atoms with Gasteiger partial charge in [0.15, 0.2) is 0 Å². The van der Waals surface area contributed by atoms with E-state index < -0.39 is 10.0 Å². The van der Waals surface area contributed by atoms with E-state index in [1.165, 1.54) is 6.33 Å². The van der Waals surface area contributed by atoms with Crippen molar-refractivity contribution in [1.82, 2.24) is 14.3 Å². The van der Waals surface area contributed by atoms with Gasteiger partial charge in [0, 0.05) is 30.9 Å². The third-order valence-electron chi connectivity index (χ3n) is 3.79. The number of nitrogens with zero attached hydrogens (tertiary/aromatic N) is 3. The molecule has 1 aliphatic rings. The van der Waals surface area contributed by atoms with Crippen LogP contribution >= 0.6 is 0 Å². The van der Waals surface area contributed by atoms with Gasteiger partial charge in [-0.3, -0.25) is 0 Å². The normalized spacial score (nSPS) is 20.3. The van der Waals surface area contributed by atoms with Crippen molar-refractivity contribution >= 4 is 10.0 Å². The van der Waals surface area contributed by atoms with E-state index >= 15 is 0 Å². The molecular weight excluding hydrogens is 286 g/mol. The van der Waals surface area contributed by atoms with Crippen molar-refractivity contribution in [2.75, 3.05) is 13.1 Å². The second-order valence-corrected chi connectivity index (χ2v) is 7.09. The summed E-state index contributed by atoms with van der Waals surface area (Å²) < 4.78 is 26.9. The van der Waals surface area contributed by atoms with Gasteiger partial charge in [0.25, 0.3) is 0 Å². The molecule has 1 aliphatic heterocycles. The first-order valence-corrected chi connectivity index (χ1v) is 8.43. The zero-order valence-corrected chi connectivity index (χ0v) is 12.4. The molecule has 0 amide bonds. The van der Waals surface area contributed by atoms with Gasteiger partial charge in [-0.25, -0.2) is 18.4 Å². The molecule has 21 heavy (non-hydrogen) atoms. The van der Waals surface area contributed by atoms with Crippen LogP contribution in [0.4, 0.5) is 0 Å². The Bertz CT molecular complexity index is 689. The Kier molecular flexibility index (Phi) is 3.98. The van der Waals surface area contributed by atoms with Crippen molar-refractivity contribution in [1.29, 1.82) is 0 Å². The Balaban J connectivity index is 1.84. The van der Waals surface area contributed by atoms with Crippen LogP contribution < -0.4 is 0 Å². The highest BCUT2D eigenvalue weighted by Gasteiger charge is 2.31. The van der Waals surface area contributed by atoms with Crippen LogP contribution in [0.15, 0.2) is 53.8 Å². The maximum absolute atomic E-state index is 12.7. The van der Waals surface area contributed by atoms with Crippen molar-refractivity contribution in [3.8, 4) is 0 Å². The van der Waals surface area contributed by atoms with Gasteiger partial charge in [0.2, 0.25) is 10.0 Å². The molecule has 1 aromatic heterocycles. The van der Waals surface area contributed by atoms with Gasteiger partial charge >= 0.3 is 0 Å². The van der Waals surface area contributed by atoms with Crippen molar-refractivity contribution in [3.63, 3.8) is 0 Å². The maximum atomic E-state index is 12.7. The Labute approximate surface area is 124 Å². The van der Waals surface area contributed by atoms with E-state index in [0.29, 0.717) is 18.0 Å². The molecule has 0 N–H and O–H groups in total. The molecule has 0 aliphatic carbocycles. The van der Waals surface area contributed by atoms with E-state index in [1.54, 1.807) is 34.8 Å². The minimum absolute atomic E-state index is 0.139.